The van der Waals surface area contributed by atoms with E-state index in [1.54, 1.807) is 47.0 Å². The van der Waals surface area contributed by atoms with Crippen molar-refractivity contribution in [1.29, 1.82) is 0 Å². The third-order valence-electron chi connectivity index (χ3n) is 4.38. The summed E-state index contributed by atoms with van der Waals surface area (Å²) in [4.78, 5) is 26.5. The summed E-state index contributed by atoms with van der Waals surface area (Å²) in [5.41, 5.74) is 2.91. The third-order valence-corrected chi connectivity index (χ3v) is 6.46. The lowest BCUT2D eigenvalue weighted by molar-refractivity contribution is -0.115. The molecule has 1 aliphatic heterocycles. The maximum atomic E-state index is 13.3. The molecule has 0 radical (unpaired) electrons. The quantitative estimate of drug-likeness (QED) is 0.476. The number of ether oxygens (including phenoxy) is 1. The Morgan fingerprint density at radius 3 is 2.71 bits per heavy atom. The van der Waals surface area contributed by atoms with Crippen LogP contribution >= 0.6 is 23.5 Å². The third kappa shape index (κ3) is 4.70. The van der Waals surface area contributed by atoms with Crippen molar-refractivity contribution in [3.05, 3.63) is 65.0 Å². The van der Waals surface area contributed by atoms with E-state index in [4.69, 9.17) is 4.74 Å². The molecule has 0 aromatic heterocycles. The van der Waals surface area contributed by atoms with Gasteiger partial charge in [-0.05, 0) is 54.1 Å². The number of nitrogens with zero attached hydrogens (tertiary/aromatic N) is 1. The van der Waals surface area contributed by atoms with Crippen LogP contribution in [0.1, 0.15) is 33.8 Å². The fourth-order valence-electron chi connectivity index (χ4n) is 3.03. The average molecular weight is 420 g/mol. The van der Waals surface area contributed by atoms with Crippen LogP contribution < -0.4 is 4.90 Å². The Hall–Kier alpha value is -1.99. The van der Waals surface area contributed by atoms with Crippen molar-refractivity contribution >= 4 is 41.1 Å². The maximum Gasteiger partial charge on any atom is 0.338 e. The van der Waals surface area contributed by atoms with Crippen molar-refractivity contribution in [2.24, 2.45) is 0 Å². The van der Waals surface area contributed by atoms with E-state index in [0.717, 1.165) is 28.3 Å². The molecule has 0 saturated carbocycles. The van der Waals surface area contributed by atoms with Crippen molar-refractivity contribution in [1.82, 2.24) is 0 Å². The van der Waals surface area contributed by atoms with Crippen molar-refractivity contribution in [2.75, 3.05) is 28.8 Å². The zero-order valence-electron chi connectivity index (χ0n) is 15.8. The van der Waals surface area contributed by atoms with Gasteiger partial charge in [-0.2, -0.15) is 11.8 Å². The van der Waals surface area contributed by atoms with Gasteiger partial charge in [0, 0.05) is 11.4 Å². The van der Waals surface area contributed by atoms with E-state index in [0.29, 0.717) is 17.9 Å². The van der Waals surface area contributed by atoms with E-state index < -0.39 is 0 Å². The lowest BCUT2D eigenvalue weighted by Gasteiger charge is -2.26. The van der Waals surface area contributed by atoms with E-state index in [1.165, 1.54) is 23.9 Å². The van der Waals surface area contributed by atoms with Gasteiger partial charge in [-0.15, -0.1) is 11.8 Å². The van der Waals surface area contributed by atoms with E-state index >= 15 is 0 Å². The maximum absolute atomic E-state index is 13.3. The van der Waals surface area contributed by atoms with Gasteiger partial charge in [-0.3, -0.25) is 9.69 Å². The SMILES string of the molecule is CCSCCOC(=O)c1ccc(N2C(=O)CSC2c2ccc(F)cc2)c(C)c1. The molecule has 1 aliphatic rings. The molecule has 1 amide bonds. The van der Waals surface area contributed by atoms with Crippen LogP contribution in [-0.2, 0) is 9.53 Å². The fourth-order valence-corrected chi connectivity index (χ4v) is 4.69. The minimum atomic E-state index is -0.358. The number of rotatable bonds is 7. The zero-order chi connectivity index (χ0) is 20.1. The van der Waals surface area contributed by atoms with Gasteiger partial charge >= 0.3 is 5.97 Å². The van der Waals surface area contributed by atoms with Crippen LogP contribution in [0.3, 0.4) is 0 Å². The summed E-state index contributed by atoms with van der Waals surface area (Å²) >= 11 is 3.23. The predicted octanol–water partition coefficient (Wildman–Crippen LogP) is 4.82. The molecule has 2 aromatic rings. The molecule has 0 spiro atoms. The second kappa shape index (κ2) is 9.47. The number of amides is 1. The van der Waals surface area contributed by atoms with Crippen molar-refractivity contribution in [2.45, 2.75) is 19.2 Å². The molecule has 28 heavy (non-hydrogen) atoms. The number of halogens is 1. The van der Waals surface area contributed by atoms with Crippen LogP contribution in [-0.4, -0.2) is 35.7 Å². The molecule has 1 fully saturated rings. The second-order valence-corrected chi connectivity index (χ2v) is 8.78. The number of carbonyl (C=O) groups is 2. The molecule has 1 saturated heterocycles. The van der Waals surface area contributed by atoms with Crippen molar-refractivity contribution in [3.8, 4) is 0 Å². The average Bonchev–Trinajstić information content (AvgIpc) is 3.07. The highest BCUT2D eigenvalue weighted by Crippen LogP contribution is 2.42. The Bertz CT molecular complexity index is 857. The minimum absolute atomic E-state index is 0.00524. The standard InChI is InChI=1S/C21H22FNO3S2/c1-3-27-11-10-26-21(25)16-6-9-18(14(2)12-16)23-19(24)13-28-20(23)15-4-7-17(22)8-5-15/h4-9,12,20H,3,10-11,13H2,1-2H3. The Morgan fingerprint density at radius 2 is 2.04 bits per heavy atom. The first-order valence-corrected chi connectivity index (χ1v) is 11.3. The lowest BCUT2D eigenvalue weighted by atomic mass is 10.1. The number of hydrogen-bond acceptors (Lipinski definition) is 5. The second-order valence-electron chi connectivity index (χ2n) is 6.31. The first-order valence-electron chi connectivity index (χ1n) is 9.06. The molecule has 4 nitrogen and oxygen atoms in total. The van der Waals surface area contributed by atoms with Gasteiger partial charge in [0.05, 0.1) is 11.3 Å². The number of aryl methyl sites for hydroxylation is 1. The fraction of sp³-hybridized carbons (Fsp3) is 0.333. The van der Waals surface area contributed by atoms with Crippen LogP contribution in [0.2, 0.25) is 0 Å². The van der Waals surface area contributed by atoms with Gasteiger partial charge in [-0.1, -0.05) is 19.1 Å². The van der Waals surface area contributed by atoms with Gasteiger partial charge in [-0.25, -0.2) is 9.18 Å². The topological polar surface area (TPSA) is 46.6 Å². The highest BCUT2D eigenvalue weighted by atomic mass is 32.2. The molecule has 3 rings (SSSR count). The normalized spacial score (nSPS) is 16.5. The summed E-state index contributed by atoms with van der Waals surface area (Å²) in [6.45, 7) is 4.31. The summed E-state index contributed by atoms with van der Waals surface area (Å²) < 4.78 is 18.5. The van der Waals surface area contributed by atoms with E-state index in [9.17, 15) is 14.0 Å². The van der Waals surface area contributed by atoms with Gasteiger partial charge in [0.25, 0.3) is 0 Å². The summed E-state index contributed by atoms with van der Waals surface area (Å²) in [6, 6.07) is 11.4. The Labute approximate surface area is 172 Å². The number of anilines is 1. The lowest BCUT2D eigenvalue weighted by Crippen LogP contribution is -2.28. The number of thioether (sulfide) groups is 2. The summed E-state index contributed by atoms with van der Waals surface area (Å²) in [5.74, 6) is 1.46. The number of carbonyl (C=O) groups excluding carboxylic acids is 2. The highest BCUT2D eigenvalue weighted by molar-refractivity contribution is 8.00. The molecule has 1 atom stereocenters. The zero-order valence-corrected chi connectivity index (χ0v) is 17.4. The van der Waals surface area contributed by atoms with Gasteiger partial charge in [0.2, 0.25) is 5.91 Å². The molecule has 0 bridgehead atoms. The molecule has 7 heteroatoms. The first kappa shape index (κ1) is 20.7. The molecular formula is C21H22FNO3S2. The van der Waals surface area contributed by atoms with E-state index in [-0.39, 0.29) is 23.1 Å². The van der Waals surface area contributed by atoms with Crippen LogP contribution in [0, 0.1) is 12.7 Å². The minimum Gasteiger partial charge on any atom is -0.461 e. The van der Waals surface area contributed by atoms with Gasteiger partial charge in [0.1, 0.15) is 17.8 Å². The molecule has 0 N–H and O–H groups in total. The summed E-state index contributed by atoms with van der Waals surface area (Å²) in [7, 11) is 0. The van der Waals surface area contributed by atoms with Crippen molar-refractivity contribution < 1.29 is 18.7 Å². The van der Waals surface area contributed by atoms with Gasteiger partial charge < -0.3 is 4.74 Å². The highest BCUT2D eigenvalue weighted by Gasteiger charge is 2.35. The van der Waals surface area contributed by atoms with E-state index in [1.807, 2.05) is 6.92 Å². The first-order chi connectivity index (χ1) is 13.5. The Morgan fingerprint density at radius 1 is 1.29 bits per heavy atom. The summed E-state index contributed by atoms with van der Waals surface area (Å²) in [5, 5.41) is -0.212. The predicted molar refractivity (Wildman–Crippen MR) is 114 cm³/mol. The van der Waals surface area contributed by atoms with Crippen LogP contribution in [0.4, 0.5) is 10.1 Å². The molecular weight excluding hydrogens is 397 g/mol. The Kier molecular flexibility index (Phi) is 7.02. The van der Waals surface area contributed by atoms with Crippen molar-refractivity contribution in [3.63, 3.8) is 0 Å². The smallest absolute Gasteiger partial charge is 0.338 e. The monoisotopic (exact) mass is 419 g/mol. The summed E-state index contributed by atoms with van der Waals surface area (Å²) in [6.07, 6.45) is 0. The number of benzene rings is 2. The van der Waals surface area contributed by atoms with Crippen LogP contribution in [0.25, 0.3) is 0 Å². The molecule has 1 heterocycles. The van der Waals surface area contributed by atoms with Crippen LogP contribution in [0.5, 0.6) is 0 Å². The molecule has 2 aromatic carbocycles. The number of hydrogen-bond donors (Lipinski definition) is 0. The molecule has 148 valence electrons. The van der Waals surface area contributed by atoms with Gasteiger partial charge in [0.15, 0.2) is 0 Å². The largest absolute Gasteiger partial charge is 0.461 e. The molecule has 0 aliphatic carbocycles. The molecule has 1 unspecified atom stereocenters. The van der Waals surface area contributed by atoms with Crippen LogP contribution in [0.15, 0.2) is 42.5 Å². The Balaban J connectivity index is 1.79. The number of esters is 1. The van der Waals surface area contributed by atoms with E-state index in [2.05, 4.69) is 6.92 Å².